The van der Waals surface area contributed by atoms with E-state index in [1.165, 1.54) is 15.0 Å². The summed E-state index contributed by atoms with van der Waals surface area (Å²) in [4.78, 5) is 35.4. The normalized spacial score (nSPS) is 15.2. The number of imidazole rings is 1. The molecule has 9 heteroatoms. The third-order valence-corrected chi connectivity index (χ3v) is 5.90. The molecular formula is C21H29N6O3+. The molecule has 30 heavy (non-hydrogen) atoms. The third-order valence-electron chi connectivity index (χ3n) is 5.90. The highest BCUT2D eigenvalue weighted by atomic mass is 16.3. The minimum absolute atomic E-state index is 0.185. The predicted molar refractivity (Wildman–Crippen MR) is 115 cm³/mol. The average Bonchev–Trinajstić information content (AvgIpc) is 3.14. The largest absolute Gasteiger partial charge is 0.391 e. The van der Waals surface area contributed by atoms with Crippen molar-refractivity contribution in [3.05, 3.63) is 56.7 Å². The Bertz CT molecular complexity index is 1110. The number of hydrogen-bond acceptors (Lipinski definition) is 5. The Labute approximate surface area is 174 Å². The molecule has 1 aliphatic heterocycles. The van der Waals surface area contributed by atoms with Gasteiger partial charge in [-0.3, -0.25) is 14.3 Å². The van der Waals surface area contributed by atoms with Crippen molar-refractivity contribution < 1.29 is 10.0 Å². The fraction of sp³-hybridized carbons (Fsp3) is 0.476. The third kappa shape index (κ3) is 4.03. The van der Waals surface area contributed by atoms with Crippen molar-refractivity contribution >= 4 is 17.1 Å². The van der Waals surface area contributed by atoms with Crippen LogP contribution in [0.1, 0.15) is 12.0 Å². The number of nitrogens with zero attached hydrogens (tertiary/aromatic N) is 4. The van der Waals surface area contributed by atoms with Gasteiger partial charge in [0.1, 0.15) is 6.54 Å². The van der Waals surface area contributed by atoms with Gasteiger partial charge in [-0.2, -0.15) is 4.98 Å². The van der Waals surface area contributed by atoms with E-state index in [0.717, 1.165) is 51.5 Å². The van der Waals surface area contributed by atoms with E-state index in [9.17, 15) is 14.7 Å². The summed E-state index contributed by atoms with van der Waals surface area (Å²) in [5.74, 6) is 0.743. The SMILES string of the molecule is Cn1c(=O)[nH]c(=O)c2c1nc(N1CC[NH+](CCO)CC1)n2CCCc1ccccc1. The van der Waals surface area contributed by atoms with E-state index < -0.39 is 11.2 Å². The molecule has 0 aliphatic carbocycles. The van der Waals surface area contributed by atoms with Gasteiger partial charge >= 0.3 is 5.69 Å². The minimum atomic E-state index is -0.454. The van der Waals surface area contributed by atoms with Crippen LogP contribution in [-0.4, -0.2) is 63.5 Å². The lowest BCUT2D eigenvalue weighted by molar-refractivity contribution is -0.900. The first-order valence-corrected chi connectivity index (χ1v) is 10.5. The van der Waals surface area contributed by atoms with Crippen molar-refractivity contribution in [1.29, 1.82) is 0 Å². The molecular weight excluding hydrogens is 384 g/mol. The molecule has 9 nitrogen and oxygen atoms in total. The molecule has 0 bridgehead atoms. The summed E-state index contributed by atoms with van der Waals surface area (Å²) >= 11 is 0. The van der Waals surface area contributed by atoms with E-state index in [-0.39, 0.29) is 6.61 Å². The first-order valence-electron chi connectivity index (χ1n) is 10.5. The first kappa shape index (κ1) is 20.4. The van der Waals surface area contributed by atoms with Crippen LogP contribution < -0.4 is 21.0 Å². The number of aromatic nitrogens is 4. The Hall–Kier alpha value is -2.91. The molecule has 0 unspecified atom stereocenters. The summed E-state index contributed by atoms with van der Waals surface area (Å²) in [6.07, 6.45) is 1.76. The van der Waals surface area contributed by atoms with Crippen molar-refractivity contribution in [1.82, 2.24) is 19.1 Å². The lowest BCUT2D eigenvalue weighted by Gasteiger charge is -2.32. The van der Waals surface area contributed by atoms with Crippen LogP contribution in [0.2, 0.25) is 0 Å². The number of fused-ring (bicyclic) bond motifs is 1. The second-order valence-electron chi connectivity index (χ2n) is 7.85. The maximum absolute atomic E-state index is 12.7. The quantitative estimate of drug-likeness (QED) is 0.450. The molecule has 0 spiro atoms. The molecule has 160 valence electrons. The molecule has 0 atom stereocenters. The second-order valence-corrected chi connectivity index (χ2v) is 7.85. The van der Waals surface area contributed by atoms with Crippen molar-refractivity contribution in [3.63, 3.8) is 0 Å². The van der Waals surface area contributed by atoms with E-state index in [4.69, 9.17) is 4.98 Å². The number of piperazine rings is 1. The molecule has 1 aliphatic rings. The van der Waals surface area contributed by atoms with Crippen molar-refractivity contribution in [2.24, 2.45) is 7.05 Å². The van der Waals surface area contributed by atoms with E-state index in [2.05, 4.69) is 22.0 Å². The van der Waals surface area contributed by atoms with Crippen molar-refractivity contribution in [2.45, 2.75) is 19.4 Å². The fourth-order valence-electron chi connectivity index (χ4n) is 4.19. The Morgan fingerprint density at radius 2 is 1.90 bits per heavy atom. The number of rotatable bonds is 7. The highest BCUT2D eigenvalue weighted by molar-refractivity contribution is 5.74. The lowest BCUT2D eigenvalue weighted by Crippen LogP contribution is -3.15. The Morgan fingerprint density at radius 1 is 1.17 bits per heavy atom. The number of nitrogens with one attached hydrogen (secondary N) is 2. The Morgan fingerprint density at radius 3 is 2.60 bits per heavy atom. The van der Waals surface area contributed by atoms with Crippen molar-refractivity contribution in [3.8, 4) is 0 Å². The average molecular weight is 414 g/mol. The molecule has 3 aromatic rings. The number of aliphatic hydroxyl groups is 1. The van der Waals surface area contributed by atoms with Gasteiger partial charge in [0.25, 0.3) is 5.56 Å². The maximum Gasteiger partial charge on any atom is 0.329 e. The lowest BCUT2D eigenvalue weighted by atomic mass is 10.1. The van der Waals surface area contributed by atoms with Crippen LogP contribution in [0.15, 0.2) is 39.9 Å². The predicted octanol–water partition coefficient (Wildman–Crippen LogP) is -1.25. The van der Waals surface area contributed by atoms with E-state index >= 15 is 0 Å². The number of aromatic amines is 1. The monoisotopic (exact) mass is 413 g/mol. The molecule has 1 aromatic carbocycles. The highest BCUT2D eigenvalue weighted by Crippen LogP contribution is 2.20. The summed E-state index contributed by atoms with van der Waals surface area (Å²) in [6, 6.07) is 10.3. The van der Waals surface area contributed by atoms with Gasteiger partial charge in [-0.25, -0.2) is 4.79 Å². The number of quaternary nitrogens is 1. The van der Waals surface area contributed by atoms with Gasteiger partial charge in [-0.1, -0.05) is 30.3 Å². The fourth-order valence-corrected chi connectivity index (χ4v) is 4.19. The van der Waals surface area contributed by atoms with Crippen LogP contribution >= 0.6 is 0 Å². The van der Waals surface area contributed by atoms with Crippen LogP contribution in [0.5, 0.6) is 0 Å². The smallest absolute Gasteiger partial charge is 0.329 e. The van der Waals surface area contributed by atoms with Gasteiger partial charge in [0, 0.05) is 13.6 Å². The zero-order chi connectivity index (χ0) is 21.1. The number of hydrogen-bond donors (Lipinski definition) is 3. The number of benzene rings is 1. The van der Waals surface area contributed by atoms with Gasteiger partial charge in [0.2, 0.25) is 5.95 Å². The van der Waals surface area contributed by atoms with Gasteiger partial charge in [-0.15, -0.1) is 0 Å². The standard InChI is InChI=1S/C21H28N6O3/c1-24-18-17(19(29)23-21(24)30)27(9-5-8-16-6-3-2-4-7-16)20(22-18)26-12-10-25(11-13-26)14-15-28/h2-4,6-7,28H,5,8-15H2,1H3,(H,23,29,30)/p+1. The highest BCUT2D eigenvalue weighted by Gasteiger charge is 2.26. The zero-order valence-electron chi connectivity index (χ0n) is 17.3. The summed E-state index contributed by atoms with van der Waals surface area (Å²) in [5.41, 5.74) is 1.28. The Kier molecular flexibility index (Phi) is 6.01. The topological polar surface area (TPSA) is 101 Å². The molecule has 1 fully saturated rings. The summed E-state index contributed by atoms with van der Waals surface area (Å²) in [6.45, 7) is 4.98. The zero-order valence-corrected chi connectivity index (χ0v) is 17.3. The molecule has 0 saturated carbocycles. The van der Waals surface area contributed by atoms with Crippen LogP contribution in [-0.2, 0) is 20.0 Å². The van der Waals surface area contributed by atoms with Gasteiger partial charge in [-0.05, 0) is 18.4 Å². The number of aliphatic hydroxyl groups excluding tert-OH is 1. The van der Waals surface area contributed by atoms with E-state index in [1.54, 1.807) is 7.05 Å². The van der Waals surface area contributed by atoms with Crippen LogP contribution in [0.4, 0.5) is 5.95 Å². The Balaban J connectivity index is 1.65. The number of anilines is 1. The molecule has 0 amide bonds. The second kappa shape index (κ2) is 8.85. The molecule has 2 aromatic heterocycles. The molecule has 0 radical (unpaired) electrons. The van der Waals surface area contributed by atoms with Gasteiger partial charge in [0.15, 0.2) is 11.2 Å². The van der Waals surface area contributed by atoms with Gasteiger partial charge < -0.3 is 19.5 Å². The van der Waals surface area contributed by atoms with Gasteiger partial charge in [0.05, 0.1) is 32.8 Å². The van der Waals surface area contributed by atoms with Crippen LogP contribution in [0.25, 0.3) is 11.2 Å². The van der Waals surface area contributed by atoms with Crippen LogP contribution in [0, 0.1) is 0 Å². The molecule has 1 saturated heterocycles. The summed E-state index contributed by atoms with van der Waals surface area (Å²) in [5, 5.41) is 9.20. The van der Waals surface area contributed by atoms with Crippen LogP contribution in [0.3, 0.4) is 0 Å². The summed E-state index contributed by atoms with van der Waals surface area (Å²) < 4.78 is 3.37. The van der Waals surface area contributed by atoms with Crippen molar-refractivity contribution in [2.75, 3.05) is 44.2 Å². The first-order chi connectivity index (χ1) is 14.6. The maximum atomic E-state index is 12.7. The molecule has 3 heterocycles. The number of aryl methyl sites for hydroxylation is 3. The van der Waals surface area contributed by atoms with E-state index in [1.807, 2.05) is 22.8 Å². The molecule has 4 rings (SSSR count). The minimum Gasteiger partial charge on any atom is -0.391 e. The summed E-state index contributed by atoms with van der Waals surface area (Å²) in [7, 11) is 1.63. The number of H-pyrrole nitrogens is 1. The van der Waals surface area contributed by atoms with E-state index in [0.29, 0.717) is 17.7 Å². The molecule has 3 N–H and O–H groups in total.